The Hall–Kier alpha value is -2.86. The number of methoxy groups -OCH3 is 1. The molecule has 6 heteroatoms. The van der Waals surface area contributed by atoms with Gasteiger partial charge in [-0.05, 0) is 61.6 Å². The highest BCUT2D eigenvalue weighted by atomic mass is 16.5. The lowest BCUT2D eigenvalue weighted by molar-refractivity contribution is -0.124. The third-order valence-electron chi connectivity index (χ3n) is 5.61. The van der Waals surface area contributed by atoms with Crippen molar-refractivity contribution in [2.45, 2.75) is 37.8 Å². The van der Waals surface area contributed by atoms with Gasteiger partial charge in [0.2, 0.25) is 0 Å². The molecule has 29 heavy (non-hydrogen) atoms. The zero-order valence-electron chi connectivity index (χ0n) is 16.6. The number of hydrogen-bond donors (Lipinski definition) is 1. The van der Waals surface area contributed by atoms with Gasteiger partial charge in [0, 0.05) is 24.4 Å². The molecular weight excluding hydrogens is 368 g/mol. The van der Waals surface area contributed by atoms with E-state index < -0.39 is 6.10 Å². The fraction of sp³-hybridized carbons (Fsp3) is 0.391. The summed E-state index contributed by atoms with van der Waals surface area (Å²) < 4.78 is 10.7. The van der Waals surface area contributed by atoms with Crippen LogP contribution in [-0.2, 0) is 9.53 Å². The Balaban J connectivity index is 1.48. The van der Waals surface area contributed by atoms with Crippen LogP contribution in [0.3, 0.4) is 0 Å². The summed E-state index contributed by atoms with van der Waals surface area (Å²) in [6.07, 6.45) is 3.15. The molecule has 0 bridgehead atoms. The summed E-state index contributed by atoms with van der Waals surface area (Å²) in [6, 6.07) is 15.1. The second-order valence-electron chi connectivity index (χ2n) is 7.50. The molecule has 0 saturated carbocycles. The largest absolute Gasteiger partial charge is 0.497 e. The average molecular weight is 394 g/mol. The standard InChI is InChI=1S/C23H26N2O4/c1-28-19-11-9-16(10-12-19)20-7-3-13-25(20)23(27)17-5-2-6-18(15-17)24-22(26)21-8-4-14-29-21/h2,5-6,9-12,15,20-21H,3-4,7-8,13-14H2,1H3,(H,24,26)/t20-,21+/m0/s1. The van der Waals surface area contributed by atoms with Crippen LogP contribution in [0.15, 0.2) is 48.5 Å². The Morgan fingerprint density at radius 1 is 1.10 bits per heavy atom. The minimum atomic E-state index is -0.396. The zero-order chi connectivity index (χ0) is 20.2. The van der Waals surface area contributed by atoms with Crippen molar-refractivity contribution < 1.29 is 19.1 Å². The average Bonchev–Trinajstić information content (AvgIpc) is 3.46. The van der Waals surface area contributed by atoms with Crippen molar-refractivity contribution in [2.75, 3.05) is 25.6 Å². The van der Waals surface area contributed by atoms with Crippen molar-refractivity contribution in [1.82, 2.24) is 4.90 Å². The van der Waals surface area contributed by atoms with Crippen molar-refractivity contribution >= 4 is 17.5 Å². The van der Waals surface area contributed by atoms with Gasteiger partial charge >= 0.3 is 0 Å². The van der Waals surface area contributed by atoms with Crippen molar-refractivity contribution in [1.29, 1.82) is 0 Å². The summed E-state index contributed by atoms with van der Waals surface area (Å²) in [5.41, 5.74) is 2.31. The van der Waals surface area contributed by atoms with E-state index in [-0.39, 0.29) is 17.9 Å². The van der Waals surface area contributed by atoms with Gasteiger partial charge in [-0.2, -0.15) is 0 Å². The number of carbonyl (C=O) groups is 2. The van der Waals surface area contributed by atoms with Crippen LogP contribution in [0, 0.1) is 0 Å². The minimum absolute atomic E-state index is 0.0171. The second-order valence-corrected chi connectivity index (χ2v) is 7.50. The van der Waals surface area contributed by atoms with Crippen molar-refractivity contribution in [3.63, 3.8) is 0 Å². The Kier molecular flexibility index (Phi) is 5.81. The van der Waals surface area contributed by atoms with E-state index in [4.69, 9.17) is 9.47 Å². The van der Waals surface area contributed by atoms with Crippen LogP contribution in [0.25, 0.3) is 0 Å². The molecule has 2 fully saturated rings. The van der Waals surface area contributed by atoms with E-state index in [9.17, 15) is 9.59 Å². The Labute approximate surface area is 170 Å². The SMILES string of the molecule is COc1ccc([C@@H]2CCCN2C(=O)c2cccc(NC(=O)[C@H]3CCCO3)c2)cc1. The number of benzene rings is 2. The topological polar surface area (TPSA) is 67.9 Å². The molecule has 2 heterocycles. The predicted octanol–water partition coefficient (Wildman–Crippen LogP) is 3.79. The maximum Gasteiger partial charge on any atom is 0.254 e. The van der Waals surface area contributed by atoms with Gasteiger partial charge in [-0.15, -0.1) is 0 Å². The molecule has 0 unspecified atom stereocenters. The van der Waals surface area contributed by atoms with E-state index >= 15 is 0 Å². The second kappa shape index (κ2) is 8.66. The zero-order valence-corrected chi connectivity index (χ0v) is 16.6. The monoisotopic (exact) mass is 394 g/mol. The number of amides is 2. The highest BCUT2D eigenvalue weighted by molar-refractivity contribution is 5.98. The first-order valence-corrected chi connectivity index (χ1v) is 10.1. The van der Waals surface area contributed by atoms with Gasteiger partial charge < -0.3 is 19.7 Å². The van der Waals surface area contributed by atoms with Crippen LogP contribution < -0.4 is 10.1 Å². The Morgan fingerprint density at radius 3 is 2.66 bits per heavy atom. The number of carbonyl (C=O) groups excluding carboxylic acids is 2. The van der Waals surface area contributed by atoms with Crippen LogP contribution in [0.5, 0.6) is 5.75 Å². The fourth-order valence-corrected chi connectivity index (χ4v) is 4.09. The number of anilines is 1. The third kappa shape index (κ3) is 4.27. The highest BCUT2D eigenvalue weighted by Gasteiger charge is 2.31. The molecular formula is C23H26N2O4. The molecule has 2 amide bonds. The molecule has 2 aliphatic rings. The molecule has 0 aliphatic carbocycles. The third-order valence-corrected chi connectivity index (χ3v) is 5.61. The maximum absolute atomic E-state index is 13.2. The number of nitrogens with zero attached hydrogens (tertiary/aromatic N) is 1. The number of rotatable bonds is 5. The molecule has 2 aliphatic heterocycles. The number of likely N-dealkylation sites (tertiary alicyclic amines) is 1. The highest BCUT2D eigenvalue weighted by Crippen LogP contribution is 2.34. The Bertz CT molecular complexity index is 875. The molecule has 2 atom stereocenters. The van der Waals surface area contributed by atoms with Crippen molar-refractivity contribution in [3.8, 4) is 5.75 Å². The lowest BCUT2D eigenvalue weighted by Gasteiger charge is -2.25. The van der Waals surface area contributed by atoms with Crippen LogP contribution in [0.4, 0.5) is 5.69 Å². The van der Waals surface area contributed by atoms with E-state index in [1.54, 1.807) is 31.4 Å². The van der Waals surface area contributed by atoms with Gasteiger partial charge in [0.1, 0.15) is 11.9 Å². The fourth-order valence-electron chi connectivity index (χ4n) is 4.09. The van der Waals surface area contributed by atoms with Gasteiger partial charge in [0.25, 0.3) is 11.8 Å². The summed E-state index contributed by atoms with van der Waals surface area (Å²) in [5.74, 6) is 0.639. The lowest BCUT2D eigenvalue weighted by Crippen LogP contribution is -2.31. The van der Waals surface area contributed by atoms with Crippen molar-refractivity contribution in [3.05, 3.63) is 59.7 Å². The van der Waals surface area contributed by atoms with E-state index in [0.717, 1.165) is 43.5 Å². The van der Waals surface area contributed by atoms with E-state index in [1.807, 2.05) is 29.2 Å². The van der Waals surface area contributed by atoms with Gasteiger partial charge in [-0.25, -0.2) is 0 Å². The van der Waals surface area contributed by atoms with Crippen LogP contribution >= 0.6 is 0 Å². The lowest BCUT2D eigenvalue weighted by atomic mass is 10.0. The van der Waals surface area contributed by atoms with E-state index in [0.29, 0.717) is 17.9 Å². The number of ether oxygens (including phenoxy) is 2. The number of nitrogens with one attached hydrogen (secondary N) is 1. The molecule has 2 saturated heterocycles. The normalized spacial score (nSPS) is 21.2. The van der Waals surface area contributed by atoms with Crippen LogP contribution in [0.1, 0.15) is 47.6 Å². The van der Waals surface area contributed by atoms with E-state index in [2.05, 4.69) is 5.32 Å². The van der Waals surface area contributed by atoms with Gasteiger partial charge in [-0.3, -0.25) is 9.59 Å². The molecule has 0 aromatic heterocycles. The number of hydrogen-bond acceptors (Lipinski definition) is 4. The Morgan fingerprint density at radius 2 is 1.93 bits per heavy atom. The molecule has 1 N–H and O–H groups in total. The molecule has 0 radical (unpaired) electrons. The molecule has 4 rings (SSSR count). The molecule has 6 nitrogen and oxygen atoms in total. The first-order valence-electron chi connectivity index (χ1n) is 10.1. The predicted molar refractivity (Wildman–Crippen MR) is 110 cm³/mol. The smallest absolute Gasteiger partial charge is 0.254 e. The maximum atomic E-state index is 13.2. The summed E-state index contributed by atoms with van der Waals surface area (Å²) in [5, 5.41) is 2.88. The van der Waals surface area contributed by atoms with Crippen molar-refractivity contribution in [2.24, 2.45) is 0 Å². The van der Waals surface area contributed by atoms with Gasteiger partial charge in [0.05, 0.1) is 13.2 Å². The van der Waals surface area contributed by atoms with Crippen LogP contribution in [0.2, 0.25) is 0 Å². The molecule has 2 aromatic rings. The molecule has 0 spiro atoms. The van der Waals surface area contributed by atoms with E-state index in [1.165, 1.54) is 0 Å². The molecule has 2 aromatic carbocycles. The first kappa shape index (κ1) is 19.5. The minimum Gasteiger partial charge on any atom is -0.497 e. The summed E-state index contributed by atoms with van der Waals surface area (Å²) >= 11 is 0. The first-order chi connectivity index (χ1) is 14.2. The molecule has 152 valence electrons. The summed E-state index contributed by atoms with van der Waals surface area (Å²) in [6.45, 7) is 1.35. The summed E-state index contributed by atoms with van der Waals surface area (Å²) in [4.78, 5) is 27.4. The van der Waals surface area contributed by atoms with Crippen LogP contribution in [-0.4, -0.2) is 43.1 Å². The quantitative estimate of drug-likeness (QED) is 0.838. The van der Waals surface area contributed by atoms with Gasteiger partial charge in [-0.1, -0.05) is 18.2 Å². The summed E-state index contributed by atoms with van der Waals surface area (Å²) in [7, 11) is 1.64. The van der Waals surface area contributed by atoms with Gasteiger partial charge in [0.15, 0.2) is 0 Å².